The standard InChI is InChI=1S/C19H27N5O2/c25-19(4-3-16-2-1-6-20-16)23-7-5-18-21-14-17(24(18)9-8-23)15-22-10-12-26-13-11-22/h1-2,6,14,20H,3-5,7-13,15H2. The number of aromatic nitrogens is 3. The topological polar surface area (TPSA) is 66.4 Å². The molecular weight excluding hydrogens is 330 g/mol. The molecule has 7 nitrogen and oxygen atoms in total. The number of amides is 1. The molecule has 7 heteroatoms. The van der Waals surface area contributed by atoms with E-state index in [4.69, 9.17) is 4.74 Å². The van der Waals surface area contributed by atoms with E-state index in [2.05, 4.69) is 19.4 Å². The van der Waals surface area contributed by atoms with E-state index in [-0.39, 0.29) is 5.91 Å². The minimum atomic E-state index is 0.236. The molecule has 2 aliphatic heterocycles. The van der Waals surface area contributed by atoms with E-state index in [9.17, 15) is 4.79 Å². The second-order valence-electron chi connectivity index (χ2n) is 7.03. The van der Waals surface area contributed by atoms with Gasteiger partial charge in [-0.05, 0) is 18.6 Å². The molecule has 0 atom stereocenters. The zero-order valence-corrected chi connectivity index (χ0v) is 15.2. The number of nitrogens with zero attached hydrogens (tertiary/aromatic N) is 4. The van der Waals surface area contributed by atoms with Crippen molar-refractivity contribution in [2.75, 3.05) is 39.4 Å². The molecule has 4 rings (SSSR count). The Labute approximate surface area is 153 Å². The van der Waals surface area contributed by atoms with Gasteiger partial charge in [0.1, 0.15) is 5.82 Å². The number of nitrogens with one attached hydrogen (secondary N) is 1. The molecule has 26 heavy (non-hydrogen) atoms. The van der Waals surface area contributed by atoms with Gasteiger partial charge >= 0.3 is 0 Å². The van der Waals surface area contributed by atoms with Crippen LogP contribution in [0.3, 0.4) is 0 Å². The highest BCUT2D eigenvalue weighted by molar-refractivity contribution is 5.76. The molecule has 0 aliphatic carbocycles. The fourth-order valence-electron chi connectivity index (χ4n) is 3.78. The number of fused-ring (bicyclic) bond motifs is 1. The van der Waals surface area contributed by atoms with Crippen molar-refractivity contribution in [3.8, 4) is 0 Å². The fraction of sp³-hybridized carbons (Fsp3) is 0.579. The Bertz CT molecular complexity index is 718. The SMILES string of the molecule is O=C(CCc1ccc[nH]1)N1CCc2ncc(CN3CCOCC3)n2CC1. The fourth-order valence-corrected chi connectivity index (χ4v) is 3.78. The van der Waals surface area contributed by atoms with E-state index in [1.165, 1.54) is 5.69 Å². The lowest BCUT2D eigenvalue weighted by Gasteiger charge is -2.27. The Morgan fingerprint density at radius 2 is 2.08 bits per heavy atom. The first-order chi connectivity index (χ1) is 12.8. The lowest BCUT2D eigenvalue weighted by molar-refractivity contribution is -0.131. The summed E-state index contributed by atoms with van der Waals surface area (Å²) >= 11 is 0. The van der Waals surface area contributed by atoms with Crippen molar-refractivity contribution >= 4 is 5.91 Å². The maximum Gasteiger partial charge on any atom is 0.223 e. The Kier molecular flexibility index (Phi) is 5.36. The number of carbonyl (C=O) groups is 1. The third-order valence-electron chi connectivity index (χ3n) is 5.33. The quantitative estimate of drug-likeness (QED) is 0.869. The first-order valence-electron chi connectivity index (χ1n) is 9.53. The zero-order valence-electron chi connectivity index (χ0n) is 15.2. The van der Waals surface area contributed by atoms with Gasteiger partial charge in [-0.25, -0.2) is 4.98 Å². The van der Waals surface area contributed by atoms with Crippen LogP contribution < -0.4 is 0 Å². The first-order valence-corrected chi connectivity index (χ1v) is 9.53. The number of H-pyrrole nitrogens is 1. The van der Waals surface area contributed by atoms with Crippen molar-refractivity contribution in [2.45, 2.75) is 32.4 Å². The van der Waals surface area contributed by atoms with Gasteiger partial charge in [0.15, 0.2) is 0 Å². The third-order valence-corrected chi connectivity index (χ3v) is 5.33. The maximum absolute atomic E-state index is 12.6. The first kappa shape index (κ1) is 17.3. The molecule has 1 amide bonds. The van der Waals surface area contributed by atoms with E-state index in [1.54, 1.807) is 0 Å². The van der Waals surface area contributed by atoms with Crippen LogP contribution in [0.15, 0.2) is 24.5 Å². The van der Waals surface area contributed by atoms with Gasteiger partial charge in [-0.15, -0.1) is 0 Å². The van der Waals surface area contributed by atoms with Gasteiger partial charge in [0.25, 0.3) is 0 Å². The van der Waals surface area contributed by atoms with E-state index in [0.29, 0.717) is 6.42 Å². The van der Waals surface area contributed by atoms with E-state index in [1.807, 2.05) is 29.4 Å². The lowest BCUT2D eigenvalue weighted by Crippen LogP contribution is -2.36. The maximum atomic E-state index is 12.6. The van der Waals surface area contributed by atoms with Crippen LogP contribution in [0.2, 0.25) is 0 Å². The van der Waals surface area contributed by atoms with Gasteiger partial charge in [0.2, 0.25) is 5.91 Å². The van der Waals surface area contributed by atoms with Crippen molar-refractivity contribution in [3.05, 3.63) is 41.7 Å². The molecule has 0 unspecified atom stereocenters. The van der Waals surface area contributed by atoms with Crippen LogP contribution in [-0.2, 0) is 35.5 Å². The Balaban J connectivity index is 1.34. The van der Waals surface area contributed by atoms with Gasteiger partial charge in [0, 0.05) is 70.2 Å². The van der Waals surface area contributed by atoms with Crippen molar-refractivity contribution in [2.24, 2.45) is 0 Å². The van der Waals surface area contributed by atoms with Crippen molar-refractivity contribution in [3.63, 3.8) is 0 Å². The van der Waals surface area contributed by atoms with Crippen LogP contribution in [0.4, 0.5) is 0 Å². The summed E-state index contributed by atoms with van der Waals surface area (Å²) in [4.78, 5) is 24.8. The van der Waals surface area contributed by atoms with Gasteiger partial charge in [-0.3, -0.25) is 9.69 Å². The third kappa shape index (κ3) is 3.99. The lowest BCUT2D eigenvalue weighted by atomic mass is 10.2. The van der Waals surface area contributed by atoms with Crippen molar-refractivity contribution < 1.29 is 9.53 Å². The number of rotatable bonds is 5. The summed E-state index contributed by atoms with van der Waals surface area (Å²) in [5.41, 5.74) is 2.37. The zero-order chi connectivity index (χ0) is 17.8. The van der Waals surface area contributed by atoms with Gasteiger partial charge in [-0.1, -0.05) is 0 Å². The smallest absolute Gasteiger partial charge is 0.223 e. The van der Waals surface area contributed by atoms with Gasteiger partial charge in [-0.2, -0.15) is 0 Å². The molecule has 1 N–H and O–H groups in total. The number of ether oxygens (including phenoxy) is 1. The highest BCUT2D eigenvalue weighted by atomic mass is 16.5. The van der Waals surface area contributed by atoms with Crippen molar-refractivity contribution in [1.29, 1.82) is 0 Å². The predicted octanol–water partition coefficient (Wildman–Crippen LogP) is 1.06. The molecule has 0 spiro atoms. The molecule has 0 aromatic carbocycles. The molecule has 4 heterocycles. The second kappa shape index (κ2) is 8.05. The van der Waals surface area contributed by atoms with Crippen LogP contribution in [0.1, 0.15) is 23.6 Å². The average Bonchev–Trinajstić information content (AvgIpc) is 3.26. The highest BCUT2D eigenvalue weighted by Crippen LogP contribution is 2.15. The van der Waals surface area contributed by atoms with Gasteiger partial charge in [0.05, 0.1) is 18.9 Å². The normalized spacial score (nSPS) is 18.5. The summed E-state index contributed by atoms with van der Waals surface area (Å²) in [6.07, 6.45) is 6.07. The second-order valence-corrected chi connectivity index (χ2v) is 7.03. The van der Waals surface area contributed by atoms with E-state index >= 15 is 0 Å². The minimum absolute atomic E-state index is 0.236. The van der Waals surface area contributed by atoms with Crippen molar-refractivity contribution in [1.82, 2.24) is 24.3 Å². The summed E-state index contributed by atoms with van der Waals surface area (Å²) in [7, 11) is 0. The summed E-state index contributed by atoms with van der Waals surface area (Å²) in [5, 5.41) is 0. The number of carbonyl (C=O) groups excluding carboxylic acids is 1. The van der Waals surface area contributed by atoms with Crippen LogP contribution >= 0.6 is 0 Å². The molecule has 140 valence electrons. The summed E-state index contributed by atoms with van der Waals surface area (Å²) in [5.74, 6) is 1.34. The molecule has 2 aliphatic rings. The highest BCUT2D eigenvalue weighted by Gasteiger charge is 2.22. The Morgan fingerprint density at radius 1 is 1.19 bits per heavy atom. The average molecular weight is 357 g/mol. The Morgan fingerprint density at radius 3 is 2.88 bits per heavy atom. The molecule has 1 fully saturated rings. The number of hydrogen-bond acceptors (Lipinski definition) is 4. The van der Waals surface area contributed by atoms with Crippen LogP contribution in [0.5, 0.6) is 0 Å². The minimum Gasteiger partial charge on any atom is -0.379 e. The monoisotopic (exact) mass is 357 g/mol. The summed E-state index contributed by atoms with van der Waals surface area (Å²) < 4.78 is 7.74. The molecule has 2 aromatic rings. The number of morpholine rings is 1. The Hall–Kier alpha value is -2.12. The summed E-state index contributed by atoms with van der Waals surface area (Å²) in [6.45, 7) is 6.85. The predicted molar refractivity (Wildman–Crippen MR) is 97.7 cm³/mol. The molecule has 0 saturated carbocycles. The van der Waals surface area contributed by atoms with Crippen LogP contribution in [0, 0.1) is 0 Å². The number of hydrogen-bond donors (Lipinski definition) is 1. The molecule has 1 saturated heterocycles. The molecule has 2 aromatic heterocycles. The van der Waals surface area contributed by atoms with Gasteiger partial charge < -0.3 is 19.2 Å². The summed E-state index contributed by atoms with van der Waals surface area (Å²) in [6, 6.07) is 4.00. The molecule has 0 radical (unpaired) electrons. The number of imidazole rings is 1. The largest absolute Gasteiger partial charge is 0.379 e. The van der Waals surface area contributed by atoms with Crippen LogP contribution in [-0.4, -0.2) is 69.6 Å². The molecular formula is C19H27N5O2. The van der Waals surface area contributed by atoms with Crippen LogP contribution in [0.25, 0.3) is 0 Å². The number of aryl methyl sites for hydroxylation is 1. The number of aromatic amines is 1. The van der Waals surface area contributed by atoms with E-state index in [0.717, 1.165) is 76.8 Å². The van der Waals surface area contributed by atoms with E-state index < -0.39 is 0 Å². The molecule has 0 bridgehead atoms.